The molecule has 0 aliphatic carbocycles. The number of amides is 1. The molecule has 0 aromatic rings. The van der Waals surface area contributed by atoms with Crippen LogP contribution in [-0.4, -0.2) is 11.9 Å². The summed E-state index contributed by atoms with van der Waals surface area (Å²) in [5, 5.41) is 2.87. The van der Waals surface area contributed by atoms with Gasteiger partial charge in [0.25, 0.3) is 0 Å². The Morgan fingerprint density at radius 3 is 2.36 bits per heavy atom. The molecule has 1 N–H and O–H groups in total. The lowest BCUT2D eigenvalue weighted by molar-refractivity contribution is -0.118. The maximum atomic E-state index is 10.8. The molecule has 0 saturated carbocycles. The lowest BCUT2D eigenvalue weighted by Crippen LogP contribution is -2.33. The van der Waals surface area contributed by atoms with E-state index in [0.29, 0.717) is 12.0 Å². The molecule has 2 nitrogen and oxygen atoms in total. The van der Waals surface area contributed by atoms with Crippen LogP contribution in [0.1, 0.15) is 34.1 Å². The van der Waals surface area contributed by atoms with Gasteiger partial charge in [-0.3, -0.25) is 4.79 Å². The third kappa shape index (κ3) is 5.89. The Bertz CT molecular complexity index is 121. The van der Waals surface area contributed by atoms with E-state index < -0.39 is 0 Å². The predicted octanol–water partition coefficient (Wildman–Crippen LogP) is 1.76. The van der Waals surface area contributed by atoms with Crippen LogP contribution in [0.5, 0.6) is 0 Å². The second-order valence-electron chi connectivity index (χ2n) is 3.33. The van der Waals surface area contributed by atoms with Gasteiger partial charge in [-0.05, 0) is 19.3 Å². The molecule has 0 bridgehead atoms. The van der Waals surface area contributed by atoms with Crippen molar-refractivity contribution in [1.82, 2.24) is 5.32 Å². The summed E-state index contributed by atoms with van der Waals surface area (Å²) in [5.74, 6) is 0.667. The summed E-state index contributed by atoms with van der Waals surface area (Å²) in [7, 11) is 0. The Balaban J connectivity index is 3.51. The zero-order valence-corrected chi connectivity index (χ0v) is 7.85. The zero-order chi connectivity index (χ0) is 8.85. The predicted molar refractivity (Wildman–Crippen MR) is 47.0 cm³/mol. The summed E-state index contributed by atoms with van der Waals surface area (Å²) in [6.45, 7) is 8.08. The molecule has 0 aliphatic heterocycles. The summed E-state index contributed by atoms with van der Waals surface area (Å²) in [6.07, 6.45) is 2.59. The van der Waals surface area contributed by atoms with Crippen molar-refractivity contribution >= 4 is 5.91 Å². The maximum Gasteiger partial charge on any atom is 0.223 e. The first-order valence-corrected chi connectivity index (χ1v) is 4.16. The summed E-state index contributed by atoms with van der Waals surface area (Å²) in [6, 6.07) is 0.290. The molecule has 11 heavy (non-hydrogen) atoms. The lowest BCUT2D eigenvalue weighted by atomic mass is 10.1. The van der Waals surface area contributed by atoms with E-state index in [-0.39, 0.29) is 5.91 Å². The molecule has 0 aromatic carbocycles. The summed E-state index contributed by atoms with van der Waals surface area (Å²) in [4.78, 5) is 10.8. The van der Waals surface area contributed by atoms with Crippen LogP contribution in [0, 0.1) is 12.3 Å². The fourth-order valence-corrected chi connectivity index (χ4v) is 1.09. The minimum atomic E-state index is 0.0261. The van der Waals surface area contributed by atoms with Crippen LogP contribution in [0.3, 0.4) is 0 Å². The van der Waals surface area contributed by atoms with Crippen LogP contribution < -0.4 is 5.32 Å². The molecule has 0 spiro atoms. The van der Waals surface area contributed by atoms with Gasteiger partial charge in [0.15, 0.2) is 0 Å². The second kappa shape index (κ2) is 5.16. The van der Waals surface area contributed by atoms with Crippen LogP contribution >= 0.6 is 0 Å². The van der Waals surface area contributed by atoms with Crippen molar-refractivity contribution in [3.05, 3.63) is 6.42 Å². The molecular formula is C9H18NO. The molecule has 0 rings (SSSR count). The number of hydrogen-bond donors (Lipinski definition) is 1. The summed E-state index contributed by atoms with van der Waals surface area (Å²) < 4.78 is 0. The highest BCUT2D eigenvalue weighted by atomic mass is 16.1. The van der Waals surface area contributed by atoms with Gasteiger partial charge in [-0.2, -0.15) is 0 Å². The third-order valence-electron chi connectivity index (χ3n) is 1.48. The molecule has 1 amide bonds. The standard InChI is InChI=1S/C9H18NO/c1-5-9(11)10-8(4)6-7(2)3/h5,7-8H,6H2,1-4H3,(H,10,11). The van der Waals surface area contributed by atoms with E-state index in [1.165, 1.54) is 0 Å². The van der Waals surface area contributed by atoms with E-state index in [4.69, 9.17) is 0 Å². The smallest absolute Gasteiger partial charge is 0.223 e. The van der Waals surface area contributed by atoms with Crippen LogP contribution in [-0.2, 0) is 4.79 Å². The summed E-state index contributed by atoms with van der Waals surface area (Å²) >= 11 is 0. The molecule has 0 aliphatic rings. The average Bonchev–Trinajstić information content (AvgIpc) is 1.85. The molecule has 65 valence electrons. The molecular weight excluding hydrogens is 138 g/mol. The monoisotopic (exact) mass is 156 g/mol. The van der Waals surface area contributed by atoms with E-state index in [9.17, 15) is 4.79 Å². The first-order chi connectivity index (χ1) is 5.06. The number of rotatable bonds is 4. The van der Waals surface area contributed by atoms with Gasteiger partial charge in [0.2, 0.25) is 5.91 Å². The lowest BCUT2D eigenvalue weighted by Gasteiger charge is -2.14. The van der Waals surface area contributed by atoms with Crippen molar-refractivity contribution in [2.45, 2.75) is 40.2 Å². The van der Waals surface area contributed by atoms with Crippen LogP contribution in [0.25, 0.3) is 0 Å². The molecule has 1 unspecified atom stereocenters. The first kappa shape index (κ1) is 10.5. The van der Waals surface area contributed by atoms with Gasteiger partial charge in [0, 0.05) is 12.5 Å². The van der Waals surface area contributed by atoms with E-state index in [1.54, 1.807) is 13.3 Å². The van der Waals surface area contributed by atoms with Gasteiger partial charge in [0.05, 0.1) is 0 Å². The molecule has 2 heteroatoms. The van der Waals surface area contributed by atoms with Gasteiger partial charge >= 0.3 is 0 Å². The minimum absolute atomic E-state index is 0.0261. The fraction of sp³-hybridized carbons (Fsp3) is 0.778. The topological polar surface area (TPSA) is 29.1 Å². The van der Waals surface area contributed by atoms with Crippen LogP contribution in [0.2, 0.25) is 0 Å². The van der Waals surface area contributed by atoms with Gasteiger partial charge < -0.3 is 5.32 Å². The highest BCUT2D eigenvalue weighted by Crippen LogP contribution is 2.03. The van der Waals surface area contributed by atoms with Crippen molar-refractivity contribution in [3.8, 4) is 0 Å². The number of carbonyl (C=O) groups excluding carboxylic acids is 1. The first-order valence-electron chi connectivity index (χ1n) is 4.16. The minimum Gasteiger partial charge on any atom is -0.353 e. The van der Waals surface area contributed by atoms with E-state index in [1.807, 2.05) is 6.92 Å². The Labute approximate surface area is 69.4 Å². The Morgan fingerprint density at radius 1 is 1.45 bits per heavy atom. The van der Waals surface area contributed by atoms with Crippen molar-refractivity contribution in [2.75, 3.05) is 0 Å². The molecule has 1 atom stereocenters. The maximum absolute atomic E-state index is 10.8. The van der Waals surface area contributed by atoms with Crippen molar-refractivity contribution in [3.63, 3.8) is 0 Å². The highest BCUT2D eigenvalue weighted by molar-refractivity contribution is 5.84. The number of nitrogens with one attached hydrogen (secondary N) is 1. The van der Waals surface area contributed by atoms with Crippen molar-refractivity contribution < 1.29 is 4.79 Å². The van der Waals surface area contributed by atoms with Gasteiger partial charge in [-0.1, -0.05) is 20.8 Å². The molecule has 1 radical (unpaired) electrons. The van der Waals surface area contributed by atoms with E-state index in [2.05, 4.69) is 19.2 Å². The quantitative estimate of drug-likeness (QED) is 0.660. The van der Waals surface area contributed by atoms with Crippen molar-refractivity contribution in [1.29, 1.82) is 0 Å². The zero-order valence-electron chi connectivity index (χ0n) is 7.85. The Kier molecular flexibility index (Phi) is 4.92. The van der Waals surface area contributed by atoms with Gasteiger partial charge in [0.1, 0.15) is 0 Å². The average molecular weight is 156 g/mol. The van der Waals surface area contributed by atoms with Gasteiger partial charge in [-0.15, -0.1) is 0 Å². The summed E-state index contributed by atoms with van der Waals surface area (Å²) in [5.41, 5.74) is 0. The normalized spacial score (nSPS) is 13.2. The Morgan fingerprint density at radius 2 is 2.00 bits per heavy atom. The van der Waals surface area contributed by atoms with Crippen LogP contribution in [0.15, 0.2) is 0 Å². The Hall–Kier alpha value is -0.530. The molecule has 0 saturated heterocycles. The largest absolute Gasteiger partial charge is 0.353 e. The number of hydrogen-bond acceptors (Lipinski definition) is 1. The second-order valence-corrected chi connectivity index (χ2v) is 3.33. The van der Waals surface area contributed by atoms with E-state index >= 15 is 0 Å². The van der Waals surface area contributed by atoms with Crippen molar-refractivity contribution in [2.24, 2.45) is 5.92 Å². The highest BCUT2D eigenvalue weighted by Gasteiger charge is 2.06. The molecule has 0 heterocycles. The van der Waals surface area contributed by atoms with E-state index in [0.717, 1.165) is 6.42 Å². The molecule has 0 aromatic heterocycles. The SMILES string of the molecule is C[CH]C(=O)NC(C)CC(C)C. The molecule has 0 fully saturated rings. The fourth-order valence-electron chi connectivity index (χ4n) is 1.09. The van der Waals surface area contributed by atoms with Crippen LogP contribution in [0.4, 0.5) is 0 Å². The van der Waals surface area contributed by atoms with Gasteiger partial charge in [-0.25, -0.2) is 0 Å². The number of carbonyl (C=O) groups is 1. The third-order valence-corrected chi connectivity index (χ3v) is 1.48.